The van der Waals surface area contributed by atoms with Crippen molar-refractivity contribution < 1.29 is 22.7 Å². The van der Waals surface area contributed by atoms with E-state index in [2.05, 4.69) is 20.0 Å². The molecule has 1 aliphatic rings. The number of aromatic amines is 1. The standard InChI is InChI=1S/C21H20F3N3O2/c1-12(18-6-5-14(10-26-18)29-11-21(22,23)24)27-20(28)17-9-16(17)15-4-2-3-13-7-8-25-19(13)15/h2-8,10,12,16-17,25H,9,11H2,1H3,(H,27,28)/t12-,16-,17?/m1/s1. The number of benzene rings is 1. The van der Waals surface area contributed by atoms with E-state index in [-0.39, 0.29) is 29.5 Å². The Kier molecular flexibility index (Phi) is 4.94. The Balaban J connectivity index is 1.35. The molecule has 0 bridgehead atoms. The van der Waals surface area contributed by atoms with Gasteiger partial charge >= 0.3 is 6.18 Å². The minimum Gasteiger partial charge on any atom is -0.483 e. The first-order valence-electron chi connectivity index (χ1n) is 9.34. The normalized spacial score (nSPS) is 19.7. The quantitative estimate of drug-likeness (QED) is 0.638. The number of ether oxygens (including phenoxy) is 1. The van der Waals surface area contributed by atoms with Crippen molar-refractivity contribution in [3.8, 4) is 5.75 Å². The monoisotopic (exact) mass is 403 g/mol. The zero-order chi connectivity index (χ0) is 20.6. The van der Waals surface area contributed by atoms with E-state index in [1.54, 1.807) is 13.0 Å². The zero-order valence-electron chi connectivity index (χ0n) is 15.7. The van der Waals surface area contributed by atoms with Crippen LogP contribution < -0.4 is 10.1 Å². The van der Waals surface area contributed by atoms with Crippen LogP contribution in [0, 0.1) is 5.92 Å². The van der Waals surface area contributed by atoms with Gasteiger partial charge in [0.25, 0.3) is 0 Å². The van der Waals surface area contributed by atoms with E-state index in [0.29, 0.717) is 5.69 Å². The van der Waals surface area contributed by atoms with Gasteiger partial charge in [0.05, 0.1) is 17.9 Å². The van der Waals surface area contributed by atoms with Gasteiger partial charge < -0.3 is 15.0 Å². The fourth-order valence-corrected chi connectivity index (χ4v) is 3.54. The molecule has 0 radical (unpaired) electrons. The van der Waals surface area contributed by atoms with E-state index in [4.69, 9.17) is 0 Å². The van der Waals surface area contributed by atoms with Crippen molar-refractivity contribution in [3.63, 3.8) is 0 Å². The van der Waals surface area contributed by atoms with Gasteiger partial charge in [0.1, 0.15) is 5.75 Å². The topological polar surface area (TPSA) is 67.0 Å². The third kappa shape index (κ3) is 4.36. The van der Waals surface area contributed by atoms with Crippen LogP contribution in [0.15, 0.2) is 48.8 Å². The van der Waals surface area contributed by atoms with Crippen LogP contribution in [-0.2, 0) is 4.79 Å². The van der Waals surface area contributed by atoms with Crippen molar-refractivity contribution in [3.05, 3.63) is 60.0 Å². The minimum absolute atomic E-state index is 0.0332. The molecule has 4 rings (SSSR count). The smallest absolute Gasteiger partial charge is 0.422 e. The van der Waals surface area contributed by atoms with E-state index >= 15 is 0 Å². The fraction of sp³-hybridized carbons (Fsp3) is 0.333. The van der Waals surface area contributed by atoms with Gasteiger partial charge in [-0.3, -0.25) is 9.78 Å². The summed E-state index contributed by atoms with van der Waals surface area (Å²) in [4.78, 5) is 20.0. The van der Waals surface area contributed by atoms with Crippen LogP contribution >= 0.6 is 0 Å². The van der Waals surface area contributed by atoms with Gasteiger partial charge in [-0.25, -0.2) is 0 Å². The molecule has 1 aromatic carbocycles. The largest absolute Gasteiger partial charge is 0.483 e. The summed E-state index contributed by atoms with van der Waals surface area (Å²) in [5.41, 5.74) is 2.77. The molecule has 2 aromatic heterocycles. The molecule has 3 aromatic rings. The summed E-state index contributed by atoms with van der Waals surface area (Å²) < 4.78 is 41.3. The average molecular weight is 403 g/mol. The number of pyridine rings is 1. The lowest BCUT2D eigenvalue weighted by Gasteiger charge is -2.14. The van der Waals surface area contributed by atoms with Gasteiger partial charge in [0.15, 0.2) is 6.61 Å². The number of nitrogens with one attached hydrogen (secondary N) is 2. The summed E-state index contributed by atoms with van der Waals surface area (Å²) in [5, 5.41) is 4.07. The Labute approximate surface area is 165 Å². The molecular weight excluding hydrogens is 383 g/mol. The lowest BCUT2D eigenvalue weighted by molar-refractivity contribution is -0.153. The molecule has 8 heteroatoms. The number of amides is 1. The third-order valence-corrected chi connectivity index (χ3v) is 5.11. The highest BCUT2D eigenvalue weighted by atomic mass is 19.4. The SMILES string of the molecule is C[C@@H](NC(=O)C1C[C@@H]1c1cccc2cc[nH]c12)c1ccc(OCC(F)(F)F)cn1. The molecule has 29 heavy (non-hydrogen) atoms. The van der Waals surface area contributed by atoms with E-state index in [9.17, 15) is 18.0 Å². The van der Waals surface area contributed by atoms with Crippen LogP contribution in [-0.4, -0.2) is 28.7 Å². The van der Waals surface area contributed by atoms with Crippen molar-refractivity contribution >= 4 is 16.8 Å². The van der Waals surface area contributed by atoms with Gasteiger partial charge in [-0.1, -0.05) is 18.2 Å². The first kappa shape index (κ1) is 19.3. The Morgan fingerprint density at radius 2 is 2.14 bits per heavy atom. The van der Waals surface area contributed by atoms with Crippen LogP contribution in [0.5, 0.6) is 5.75 Å². The maximum Gasteiger partial charge on any atom is 0.422 e. The number of nitrogens with zero attached hydrogens (tertiary/aromatic N) is 1. The number of para-hydroxylation sites is 1. The van der Waals surface area contributed by atoms with Gasteiger partial charge in [-0.2, -0.15) is 13.2 Å². The second-order valence-electron chi connectivity index (χ2n) is 7.29. The van der Waals surface area contributed by atoms with Gasteiger partial charge in [0, 0.05) is 17.6 Å². The Morgan fingerprint density at radius 1 is 1.31 bits per heavy atom. The first-order valence-corrected chi connectivity index (χ1v) is 9.34. The summed E-state index contributed by atoms with van der Waals surface area (Å²) >= 11 is 0. The Morgan fingerprint density at radius 3 is 2.86 bits per heavy atom. The van der Waals surface area contributed by atoms with Crippen LogP contribution in [0.2, 0.25) is 0 Å². The Hall–Kier alpha value is -3.03. The number of fused-ring (bicyclic) bond motifs is 1. The number of hydrogen-bond donors (Lipinski definition) is 2. The highest BCUT2D eigenvalue weighted by Crippen LogP contribution is 2.49. The number of hydrogen-bond acceptors (Lipinski definition) is 3. The summed E-state index contributed by atoms with van der Waals surface area (Å²) in [6.07, 6.45) is -0.489. The van der Waals surface area contributed by atoms with Gasteiger partial charge in [0.2, 0.25) is 5.91 Å². The van der Waals surface area contributed by atoms with Crippen LogP contribution in [0.3, 0.4) is 0 Å². The Bertz CT molecular complexity index is 1010. The number of carbonyl (C=O) groups is 1. The lowest BCUT2D eigenvalue weighted by atomic mass is 10.1. The maximum atomic E-state index is 12.6. The first-order chi connectivity index (χ1) is 13.8. The molecule has 1 saturated carbocycles. The number of aromatic nitrogens is 2. The number of rotatable bonds is 6. The molecule has 1 amide bonds. The van der Waals surface area contributed by atoms with Crippen molar-refractivity contribution in [1.29, 1.82) is 0 Å². The number of alkyl halides is 3. The number of halogens is 3. The van der Waals surface area contributed by atoms with Crippen LogP contribution in [0.1, 0.15) is 36.6 Å². The number of carbonyl (C=O) groups excluding carboxylic acids is 1. The second kappa shape index (κ2) is 7.42. The molecule has 2 heterocycles. The predicted octanol–water partition coefficient (Wildman–Crippen LogP) is 4.48. The second-order valence-corrected chi connectivity index (χ2v) is 7.29. The summed E-state index contributed by atoms with van der Waals surface area (Å²) in [5.74, 6) is 0.0625. The molecule has 1 aliphatic carbocycles. The third-order valence-electron chi connectivity index (χ3n) is 5.11. The van der Waals surface area contributed by atoms with Gasteiger partial charge in [-0.15, -0.1) is 0 Å². The highest BCUT2D eigenvalue weighted by Gasteiger charge is 2.45. The molecule has 0 saturated heterocycles. The predicted molar refractivity (Wildman–Crippen MR) is 101 cm³/mol. The summed E-state index contributed by atoms with van der Waals surface area (Å²) in [6, 6.07) is 10.7. The van der Waals surface area contributed by atoms with Crippen LogP contribution in [0.25, 0.3) is 10.9 Å². The van der Waals surface area contributed by atoms with E-state index in [1.165, 1.54) is 12.3 Å². The molecule has 0 spiro atoms. The summed E-state index contributed by atoms with van der Waals surface area (Å²) in [7, 11) is 0. The highest BCUT2D eigenvalue weighted by molar-refractivity contribution is 5.87. The van der Waals surface area contributed by atoms with Gasteiger partial charge in [-0.05, 0) is 48.4 Å². The lowest BCUT2D eigenvalue weighted by Crippen LogP contribution is -2.29. The molecule has 2 N–H and O–H groups in total. The van der Waals surface area contributed by atoms with Crippen LogP contribution in [0.4, 0.5) is 13.2 Å². The molecule has 1 unspecified atom stereocenters. The zero-order valence-corrected chi connectivity index (χ0v) is 15.7. The van der Waals surface area contributed by atoms with E-state index in [1.807, 2.05) is 30.5 Å². The van der Waals surface area contributed by atoms with Crippen molar-refractivity contribution in [2.45, 2.75) is 31.5 Å². The molecular formula is C21H20F3N3O2. The van der Waals surface area contributed by atoms with Crippen molar-refractivity contribution in [2.75, 3.05) is 6.61 Å². The van der Waals surface area contributed by atoms with Crippen molar-refractivity contribution in [2.24, 2.45) is 5.92 Å². The minimum atomic E-state index is -4.40. The molecule has 0 aliphatic heterocycles. The molecule has 152 valence electrons. The van der Waals surface area contributed by atoms with Crippen molar-refractivity contribution in [1.82, 2.24) is 15.3 Å². The molecule has 5 nitrogen and oxygen atoms in total. The average Bonchev–Trinajstić information content (AvgIpc) is 3.34. The molecule has 1 fully saturated rings. The van der Waals surface area contributed by atoms with E-state index < -0.39 is 12.8 Å². The summed E-state index contributed by atoms with van der Waals surface area (Å²) in [6.45, 7) is 0.427. The van der Waals surface area contributed by atoms with E-state index in [0.717, 1.165) is 22.9 Å². The fourth-order valence-electron chi connectivity index (χ4n) is 3.54. The molecule has 3 atom stereocenters. The maximum absolute atomic E-state index is 12.6. The number of H-pyrrole nitrogens is 1.